The Hall–Kier alpha value is -4.11. The molecular weight excluding hydrogens is 440 g/mol. The number of para-hydroxylation sites is 1. The van der Waals surface area contributed by atoms with E-state index in [0.717, 1.165) is 4.90 Å². The van der Waals surface area contributed by atoms with Crippen LogP contribution in [0.25, 0.3) is 22.4 Å². The molecule has 33 heavy (non-hydrogen) atoms. The molecular formula is C24H18N4O4S. The summed E-state index contributed by atoms with van der Waals surface area (Å²) in [5, 5.41) is 3.24. The molecule has 2 aromatic heterocycles. The summed E-state index contributed by atoms with van der Waals surface area (Å²) >= 11 is 1.43. The molecule has 0 aliphatic carbocycles. The van der Waals surface area contributed by atoms with Crippen LogP contribution in [0.5, 0.6) is 0 Å². The third-order valence-electron chi connectivity index (χ3n) is 5.20. The van der Waals surface area contributed by atoms with E-state index in [1.54, 1.807) is 48.5 Å². The van der Waals surface area contributed by atoms with Crippen LogP contribution in [0.15, 0.2) is 76.2 Å². The molecule has 1 aliphatic rings. The van der Waals surface area contributed by atoms with Crippen molar-refractivity contribution in [1.29, 1.82) is 0 Å². The zero-order valence-corrected chi connectivity index (χ0v) is 18.2. The first-order valence-electron chi connectivity index (χ1n) is 10.2. The molecule has 0 saturated carbocycles. The van der Waals surface area contributed by atoms with E-state index in [4.69, 9.17) is 4.42 Å². The molecule has 4 aromatic rings. The Bertz CT molecular complexity index is 1400. The van der Waals surface area contributed by atoms with Crippen LogP contribution in [-0.4, -0.2) is 28.0 Å². The molecule has 5 rings (SSSR count). The summed E-state index contributed by atoms with van der Waals surface area (Å²) < 4.78 is 5.42. The van der Waals surface area contributed by atoms with Gasteiger partial charge in [0, 0.05) is 15.8 Å². The fourth-order valence-electron chi connectivity index (χ4n) is 3.52. The molecule has 1 atom stereocenters. The molecule has 3 N–H and O–H groups in total. The first-order chi connectivity index (χ1) is 16.0. The number of hydrazine groups is 1. The molecule has 9 heteroatoms. The zero-order valence-electron chi connectivity index (χ0n) is 17.4. The number of amides is 3. The van der Waals surface area contributed by atoms with Gasteiger partial charge in [-0.2, -0.15) is 0 Å². The Morgan fingerprint density at radius 3 is 2.67 bits per heavy atom. The second-order valence-electron chi connectivity index (χ2n) is 7.42. The van der Waals surface area contributed by atoms with Gasteiger partial charge in [-0.05, 0) is 49.4 Å². The number of benzene rings is 2. The molecule has 3 amide bonds. The van der Waals surface area contributed by atoms with Crippen LogP contribution in [0.3, 0.4) is 0 Å². The van der Waals surface area contributed by atoms with Crippen molar-refractivity contribution >= 4 is 46.1 Å². The number of hydrogen-bond acceptors (Lipinski definition) is 6. The van der Waals surface area contributed by atoms with Crippen molar-refractivity contribution in [2.45, 2.75) is 17.1 Å². The van der Waals surface area contributed by atoms with E-state index in [2.05, 4.69) is 21.2 Å². The number of hydrogen-bond donors (Lipinski definition) is 3. The Morgan fingerprint density at radius 1 is 1.03 bits per heavy atom. The molecule has 1 aliphatic heterocycles. The molecule has 0 fully saturated rings. The summed E-state index contributed by atoms with van der Waals surface area (Å²) in [5.41, 5.74) is 7.26. The first-order valence-corrected chi connectivity index (χ1v) is 11.0. The third kappa shape index (κ3) is 4.06. The highest BCUT2D eigenvalue weighted by molar-refractivity contribution is 8.00. The zero-order chi connectivity index (χ0) is 22.9. The lowest BCUT2D eigenvalue weighted by atomic mass is 10.1. The number of carbonyl (C=O) groups excluding carboxylic acids is 3. The van der Waals surface area contributed by atoms with E-state index in [9.17, 15) is 14.4 Å². The van der Waals surface area contributed by atoms with Gasteiger partial charge in [0.05, 0.1) is 28.3 Å². The molecule has 0 spiro atoms. The second kappa shape index (κ2) is 8.44. The monoisotopic (exact) mass is 458 g/mol. The summed E-state index contributed by atoms with van der Waals surface area (Å²) in [7, 11) is 0. The molecule has 2 aromatic carbocycles. The third-order valence-corrected chi connectivity index (χ3v) is 6.37. The van der Waals surface area contributed by atoms with Gasteiger partial charge in [0.1, 0.15) is 5.69 Å². The van der Waals surface area contributed by atoms with Gasteiger partial charge < -0.3 is 9.73 Å². The molecule has 0 bridgehead atoms. The molecule has 0 saturated heterocycles. The van der Waals surface area contributed by atoms with Gasteiger partial charge in [-0.25, -0.2) is 4.98 Å². The average Bonchev–Trinajstić information content (AvgIpc) is 3.37. The Morgan fingerprint density at radius 2 is 1.85 bits per heavy atom. The molecule has 0 radical (unpaired) electrons. The predicted molar refractivity (Wildman–Crippen MR) is 125 cm³/mol. The summed E-state index contributed by atoms with van der Waals surface area (Å²) in [6, 6.07) is 17.4. The maximum atomic E-state index is 13.0. The van der Waals surface area contributed by atoms with Gasteiger partial charge >= 0.3 is 0 Å². The smallest absolute Gasteiger partial charge is 0.270 e. The van der Waals surface area contributed by atoms with Crippen LogP contribution >= 0.6 is 11.8 Å². The van der Waals surface area contributed by atoms with Crippen LogP contribution < -0.4 is 16.2 Å². The number of carbonyl (C=O) groups is 3. The maximum absolute atomic E-state index is 13.0. The van der Waals surface area contributed by atoms with Gasteiger partial charge in [-0.15, -0.1) is 11.8 Å². The van der Waals surface area contributed by atoms with Gasteiger partial charge in [0.15, 0.2) is 5.76 Å². The van der Waals surface area contributed by atoms with Gasteiger partial charge in [0.2, 0.25) is 5.91 Å². The molecule has 3 heterocycles. The van der Waals surface area contributed by atoms with Crippen molar-refractivity contribution in [3.8, 4) is 11.5 Å². The van der Waals surface area contributed by atoms with Crippen molar-refractivity contribution in [2.24, 2.45) is 0 Å². The van der Waals surface area contributed by atoms with E-state index in [0.29, 0.717) is 39.2 Å². The summed E-state index contributed by atoms with van der Waals surface area (Å²) in [6.07, 6.45) is 1.53. The SMILES string of the molecule is C[C@@H]1Sc2ccc(C(=O)NNC(=O)c3cc(-c4ccco4)nc4ccccc34)cc2NC1=O. The highest BCUT2D eigenvalue weighted by atomic mass is 32.2. The van der Waals surface area contributed by atoms with Crippen molar-refractivity contribution in [1.82, 2.24) is 15.8 Å². The summed E-state index contributed by atoms with van der Waals surface area (Å²) in [4.78, 5) is 43.0. The fourth-order valence-corrected chi connectivity index (χ4v) is 4.45. The number of furan rings is 1. The number of nitrogens with one attached hydrogen (secondary N) is 3. The minimum Gasteiger partial charge on any atom is -0.463 e. The Balaban J connectivity index is 1.37. The highest BCUT2D eigenvalue weighted by Crippen LogP contribution is 2.35. The van der Waals surface area contributed by atoms with Crippen molar-refractivity contribution < 1.29 is 18.8 Å². The van der Waals surface area contributed by atoms with E-state index in [-0.39, 0.29) is 11.2 Å². The van der Waals surface area contributed by atoms with Crippen LogP contribution in [0.4, 0.5) is 5.69 Å². The number of pyridine rings is 1. The number of nitrogens with zero attached hydrogens (tertiary/aromatic N) is 1. The maximum Gasteiger partial charge on any atom is 0.270 e. The summed E-state index contributed by atoms with van der Waals surface area (Å²) in [5.74, 6) is -0.587. The Kier molecular flexibility index (Phi) is 5.31. The lowest BCUT2D eigenvalue weighted by molar-refractivity contribution is -0.115. The van der Waals surface area contributed by atoms with E-state index in [1.165, 1.54) is 18.0 Å². The van der Waals surface area contributed by atoms with Crippen LogP contribution in [0.2, 0.25) is 0 Å². The number of fused-ring (bicyclic) bond motifs is 2. The standard InChI is InChI=1S/C24H18N4O4S/c1-13-22(29)26-19-11-14(8-9-21(19)33-13)23(30)27-28-24(31)16-12-18(20-7-4-10-32-20)25-17-6-3-2-5-15(16)17/h2-13H,1H3,(H,26,29)(H,27,30)(H,28,31)/t13-/m0/s1. The summed E-state index contributed by atoms with van der Waals surface area (Å²) in [6.45, 7) is 1.82. The number of rotatable bonds is 3. The highest BCUT2D eigenvalue weighted by Gasteiger charge is 2.24. The van der Waals surface area contributed by atoms with E-state index in [1.807, 2.05) is 19.1 Å². The second-order valence-corrected chi connectivity index (χ2v) is 8.80. The average molecular weight is 458 g/mol. The van der Waals surface area contributed by atoms with Crippen LogP contribution in [-0.2, 0) is 4.79 Å². The van der Waals surface area contributed by atoms with Crippen LogP contribution in [0.1, 0.15) is 27.6 Å². The Labute approximate surface area is 192 Å². The normalized spacial score (nSPS) is 14.9. The minimum atomic E-state index is -0.506. The number of anilines is 1. The largest absolute Gasteiger partial charge is 0.463 e. The first kappa shape index (κ1) is 20.8. The topological polar surface area (TPSA) is 113 Å². The molecule has 8 nitrogen and oxygen atoms in total. The predicted octanol–water partition coefficient (Wildman–Crippen LogP) is 4.00. The van der Waals surface area contributed by atoms with Crippen LogP contribution in [0, 0.1) is 0 Å². The van der Waals surface area contributed by atoms with Gasteiger partial charge in [-0.3, -0.25) is 25.2 Å². The number of aromatic nitrogens is 1. The quantitative estimate of drug-likeness (QED) is 0.400. The number of thioether (sulfide) groups is 1. The molecule has 0 unspecified atom stereocenters. The van der Waals surface area contributed by atoms with Crippen molar-refractivity contribution in [3.05, 3.63) is 78.1 Å². The minimum absolute atomic E-state index is 0.115. The lowest BCUT2D eigenvalue weighted by Crippen LogP contribution is -2.41. The van der Waals surface area contributed by atoms with Crippen molar-refractivity contribution in [3.63, 3.8) is 0 Å². The lowest BCUT2D eigenvalue weighted by Gasteiger charge is -2.21. The van der Waals surface area contributed by atoms with Crippen molar-refractivity contribution in [2.75, 3.05) is 5.32 Å². The van der Waals surface area contributed by atoms with Gasteiger partial charge in [0.25, 0.3) is 11.8 Å². The fraction of sp³-hybridized carbons (Fsp3) is 0.0833. The van der Waals surface area contributed by atoms with Gasteiger partial charge in [-0.1, -0.05) is 18.2 Å². The van der Waals surface area contributed by atoms with E-state index >= 15 is 0 Å². The van der Waals surface area contributed by atoms with E-state index < -0.39 is 11.8 Å². The molecule has 164 valence electrons.